The third-order valence-corrected chi connectivity index (χ3v) is 4.87. The Morgan fingerprint density at radius 1 is 1.25 bits per heavy atom. The maximum absolute atomic E-state index is 6.38. The fourth-order valence-corrected chi connectivity index (χ4v) is 3.72. The van der Waals surface area contributed by atoms with Crippen LogP contribution >= 0.6 is 23.2 Å². The molecule has 0 amide bonds. The van der Waals surface area contributed by atoms with E-state index in [0.29, 0.717) is 16.0 Å². The van der Waals surface area contributed by atoms with Crippen LogP contribution in [0.3, 0.4) is 0 Å². The van der Waals surface area contributed by atoms with Gasteiger partial charge in [-0.25, -0.2) is 0 Å². The minimum absolute atomic E-state index is 0.0261. The van der Waals surface area contributed by atoms with Gasteiger partial charge in [0.25, 0.3) is 0 Å². The van der Waals surface area contributed by atoms with Gasteiger partial charge in [0.15, 0.2) is 0 Å². The third kappa shape index (κ3) is 4.11. The lowest BCUT2D eigenvalue weighted by molar-refractivity contribution is 0.0179. The summed E-state index contributed by atoms with van der Waals surface area (Å²) >= 11 is 12.2. The first kappa shape index (κ1) is 16.1. The molecule has 1 saturated carbocycles. The third-order valence-electron chi connectivity index (χ3n) is 4.28. The Labute approximate surface area is 131 Å². The van der Waals surface area contributed by atoms with Crippen LogP contribution in [0.5, 0.6) is 0 Å². The van der Waals surface area contributed by atoms with Gasteiger partial charge in [0, 0.05) is 23.2 Å². The Hall–Kier alpha value is -0.280. The van der Waals surface area contributed by atoms with Crippen LogP contribution < -0.4 is 5.73 Å². The maximum atomic E-state index is 6.38. The summed E-state index contributed by atoms with van der Waals surface area (Å²) in [6.45, 7) is 0. The molecule has 112 valence electrons. The van der Waals surface area contributed by atoms with Crippen LogP contribution in [0, 0.1) is 5.92 Å². The number of methoxy groups -OCH3 is 1. The second-order valence-corrected chi connectivity index (χ2v) is 6.55. The molecule has 2 N–H and O–H groups in total. The van der Waals surface area contributed by atoms with Gasteiger partial charge in [-0.2, -0.15) is 0 Å². The Bertz CT molecular complexity index is 432. The molecule has 0 aromatic heterocycles. The van der Waals surface area contributed by atoms with Gasteiger partial charge in [-0.15, -0.1) is 0 Å². The van der Waals surface area contributed by atoms with Gasteiger partial charge >= 0.3 is 0 Å². The molecule has 2 unspecified atom stereocenters. The summed E-state index contributed by atoms with van der Waals surface area (Å²) in [7, 11) is 1.77. The lowest BCUT2D eigenvalue weighted by atomic mass is 9.81. The molecule has 0 heterocycles. The van der Waals surface area contributed by atoms with Gasteiger partial charge < -0.3 is 10.5 Å². The Kier molecular flexibility index (Phi) is 6.16. The summed E-state index contributed by atoms with van der Waals surface area (Å²) in [5.41, 5.74) is 7.42. The average Bonchev–Trinajstić information content (AvgIpc) is 2.44. The van der Waals surface area contributed by atoms with Crippen LogP contribution in [0.25, 0.3) is 0 Å². The number of nitrogens with two attached hydrogens (primary N) is 1. The van der Waals surface area contributed by atoms with Gasteiger partial charge in [0.1, 0.15) is 0 Å². The largest absolute Gasteiger partial charge is 0.380 e. The number of rotatable bonds is 5. The van der Waals surface area contributed by atoms with Crippen LogP contribution in [-0.4, -0.2) is 19.3 Å². The van der Waals surface area contributed by atoms with E-state index in [1.54, 1.807) is 13.2 Å². The van der Waals surface area contributed by atoms with Crippen molar-refractivity contribution in [2.75, 3.05) is 7.11 Å². The molecule has 0 aliphatic heterocycles. The van der Waals surface area contributed by atoms with Crippen molar-refractivity contribution in [2.45, 2.75) is 50.7 Å². The Balaban J connectivity index is 2.02. The van der Waals surface area contributed by atoms with Crippen molar-refractivity contribution in [2.24, 2.45) is 11.7 Å². The van der Waals surface area contributed by atoms with E-state index in [1.807, 2.05) is 12.1 Å². The fourth-order valence-electron chi connectivity index (χ4n) is 3.24. The Morgan fingerprint density at radius 3 is 2.55 bits per heavy atom. The van der Waals surface area contributed by atoms with Crippen molar-refractivity contribution in [3.8, 4) is 0 Å². The average molecular weight is 316 g/mol. The van der Waals surface area contributed by atoms with Gasteiger partial charge in [-0.05, 0) is 42.9 Å². The smallest absolute Gasteiger partial charge is 0.0753 e. The van der Waals surface area contributed by atoms with E-state index >= 15 is 0 Å². The number of hydrogen-bond donors (Lipinski definition) is 1. The monoisotopic (exact) mass is 315 g/mol. The number of benzene rings is 1. The molecule has 1 aliphatic carbocycles. The number of halogens is 2. The first-order chi connectivity index (χ1) is 9.61. The molecule has 0 saturated heterocycles. The van der Waals surface area contributed by atoms with Crippen molar-refractivity contribution in [3.63, 3.8) is 0 Å². The van der Waals surface area contributed by atoms with E-state index in [2.05, 4.69) is 0 Å². The molecule has 4 heteroatoms. The normalized spacial score (nSPS) is 19.8. The SMILES string of the molecule is COC(C(N)Cc1ccc(Cl)cc1Cl)C1CCCCC1. The highest BCUT2D eigenvalue weighted by Gasteiger charge is 2.28. The summed E-state index contributed by atoms with van der Waals surface area (Å²) in [4.78, 5) is 0. The number of hydrogen-bond acceptors (Lipinski definition) is 2. The van der Waals surface area contributed by atoms with Crippen molar-refractivity contribution < 1.29 is 4.74 Å². The molecule has 2 rings (SSSR count). The second kappa shape index (κ2) is 7.65. The molecule has 0 spiro atoms. The van der Waals surface area contributed by atoms with E-state index in [0.717, 1.165) is 12.0 Å². The lowest BCUT2D eigenvalue weighted by Crippen LogP contribution is -2.43. The van der Waals surface area contributed by atoms with Gasteiger partial charge in [-0.3, -0.25) is 0 Å². The minimum atomic E-state index is -0.0261. The first-order valence-electron chi connectivity index (χ1n) is 7.34. The summed E-state index contributed by atoms with van der Waals surface area (Å²) in [5.74, 6) is 0.579. The zero-order chi connectivity index (χ0) is 14.5. The van der Waals surface area contributed by atoms with Crippen LogP contribution in [0.15, 0.2) is 18.2 Å². The number of ether oxygens (including phenoxy) is 1. The molecule has 1 aromatic rings. The van der Waals surface area contributed by atoms with Crippen LogP contribution in [0.2, 0.25) is 10.0 Å². The summed E-state index contributed by atoms with van der Waals surface area (Å²) < 4.78 is 5.69. The van der Waals surface area contributed by atoms with Gasteiger partial charge in [0.2, 0.25) is 0 Å². The Morgan fingerprint density at radius 2 is 1.95 bits per heavy atom. The fraction of sp³-hybridized carbons (Fsp3) is 0.625. The summed E-state index contributed by atoms with van der Waals surface area (Å²) in [5, 5.41) is 1.34. The maximum Gasteiger partial charge on any atom is 0.0753 e. The van der Waals surface area contributed by atoms with Crippen LogP contribution in [0.1, 0.15) is 37.7 Å². The van der Waals surface area contributed by atoms with E-state index in [4.69, 9.17) is 33.7 Å². The quantitative estimate of drug-likeness (QED) is 0.870. The highest BCUT2D eigenvalue weighted by atomic mass is 35.5. The van der Waals surface area contributed by atoms with Gasteiger partial charge in [-0.1, -0.05) is 48.5 Å². The highest BCUT2D eigenvalue weighted by Crippen LogP contribution is 2.30. The summed E-state index contributed by atoms with van der Waals surface area (Å²) in [6, 6.07) is 5.56. The van der Waals surface area contributed by atoms with Gasteiger partial charge in [0.05, 0.1) is 6.10 Å². The van der Waals surface area contributed by atoms with E-state index in [9.17, 15) is 0 Å². The zero-order valence-electron chi connectivity index (χ0n) is 11.9. The topological polar surface area (TPSA) is 35.2 Å². The van der Waals surface area contributed by atoms with Crippen LogP contribution in [-0.2, 0) is 11.2 Å². The lowest BCUT2D eigenvalue weighted by Gasteiger charge is -2.33. The second-order valence-electron chi connectivity index (χ2n) is 5.70. The van der Waals surface area contributed by atoms with Crippen molar-refractivity contribution in [1.82, 2.24) is 0 Å². The molecule has 1 fully saturated rings. The van der Waals surface area contributed by atoms with Crippen molar-refractivity contribution in [1.29, 1.82) is 0 Å². The van der Waals surface area contributed by atoms with Crippen LogP contribution in [0.4, 0.5) is 0 Å². The molecule has 2 nitrogen and oxygen atoms in total. The predicted octanol–water partition coefficient (Wildman–Crippen LogP) is 4.46. The molecule has 0 bridgehead atoms. The first-order valence-corrected chi connectivity index (χ1v) is 8.09. The molecule has 2 atom stereocenters. The molecular formula is C16H23Cl2NO. The molecular weight excluding hydrogens is 293 g/mol. The summed E-state index contributed by atoms with van der Waals surface area (Å²) in [6.07, 6.45) is 7.21. The standard InChI is InChI=1S/C16H23Cl2NO/c1-20-16(11-5-3-2-4-6-11)15(19)9-12-7-8-13(17)10-14(12)18/h7-8,10-11,15-16H,2-6,9,19H2,1H3. The van der Waals surface area contributed by atoms with E-state index < -0.39 is 0 Å². The van der Waals surface area contributed by atoms with Crippen molar-refractivity contribution in [3.05, 3.63) is 33.8 Å². The zero-order valence-corrected chi connectivity index (χ0v) is 13.5. The molecule has 20 heavy (non-hydrogen) atoms. The van der Waals surface area contributed by atoms with E-state index in [1.165, 1.54) is 32.1 Å². The highest BCUT2D eigenvalue weighted by molar-refractivity contribution is 6.35. The molecule has 1 aromatic carbocycles. The predicted molar refractivity (Wildman–Crippen MR) is 85.5 cm³/mol. The van der Waals surface area contributed by atoms with E-state index in [-0.39, 0.29) is 12.1 Å². The molecule has 1 aliphatic rings. The molecule has 0 radical (unpaired) electrons. The van der Waals surface area contributed by atoms with Crippen molar-refractivity contribution >= 4 is 23.2 Å². The minimum Gasteiger partial charge on any atom is -0.380 e.